The van der Waals surface area contributed by atoms with Crippen LogP contribution >= 0.6 is 0 Å². The Labute approximate surface area is 92.5 Å². The minimum Gasteiger partial charge on any atom is -0.388 e. The molecule has 1 rings (SSSR count). The Morgan fingerprint density at radius 3 is 2.80 bits per heavy atom. The molecule has 2 unspecified atom stereocenters. The first-order valence-corrected chi connectivity index (χ1v) is 5.95. The molecule has 3 heteroatoms. The topological polar surface area (TPSA) is 40.5 Å². The van der Waals surface area contributed by atoms with Gasteiger partial charge in [-0.1, -0.05) is 20.3 Å². The Bertz CT molecular complexity index is 226. The molecule has 1 N–H and O–H groups in total. The van der Waals surface area contributed by atoms with Crippen LogP contribution < -0.4 is 0 Å². The largest absolute Gasteiger partial charge is 0.388 e. The molecule has 0 saturated carbocycles. The fourth-order valence-corrected chi connectivity index (χ4v) is 2.00. The summed E-state index contributed by atoms with van der Waals surface area (Å²) in [6, 6.07) is 0. The average molecular weight is 213 g/mol. The standard InChI is InChI=1S/C12H23NO2/c1-4-10(2)8-11(14)13-7-5-6-12(3,15)9-13/h10,15H,4-9H2,1-3H3. The summed E-state index contributed by atoms with van der Waals surface area (Å²) in [7, 11) is 0. The van der Waals surface area contributed by atoms with Crippen LogP contribution in [0.1, 0.15) is 46.5 Å². The molecule has 1 fully saturated rings. The zero-order valence-corrected chi connectivity index (χ0v) is 10.1. The number of piperidine rings is 1. The third kappa shape index (κ3) is 3.82. The number of likely N-dealkylation sites (tertiary alicyclic amines) is 1. The van der Waals surface area contributed by atoms with Crippen LogP contribution in [0.5, 0.6) is 0 Å². The Balaban J connectivity index is 2.46. The number of hydrogen-bond acceptors (Lipinski definition) is 2. The second-order valence-corrected chi connectivity index (χ2v) is 5.13. The minimum atomic E-state index is -0.677. The van der Waals surface area contributed by atoms with Gasteiger partial charge in [0.25, 0.3) is 0 Å². The van der Waals surface area contributed by atoms with Crippen molar-refractivity contribution in [3.8, 4) is 0 Å². The van der Waals surface area contributed by atoms with Gasteiger partial charge in [0.1, 0.15) is 0 Å². The van der Waals surface area contributed by atoms with E-state index in [1.165, 1.54) is 0 Å². The Morgan fingerprint density at radius 2 is 2.27 bits per heavy atom. The van der Waals surface area contributed by atoms with E-state index in [4.69, 9.17) is 0 Å². The van der Waals surface area contributed by atoms with Gasteiger partial charge in [-0.15, -0.1) is 0 Å². The van der Waals surface area contributed by atoms with Gasteiger partial charge in [-0.05, 0) is 25.7 Å². The third-order valence-corrected chi connectivity index (χ3v) is 3.25. The first-order chi connectivity index (χ1) is 6.94. The number of carbonyl (C=O) groups excluding carboxylic acids is 1. The highest BCUT2D eigenvalue weighted by Gasteiger charge is 2.30. The van der Waals surface area contributed by atoms with Crippen LogP contribution in [0.25, 0.3) is 0 Å². The van der Waals surface area contributed by atoms with Crippen LogP contribution in [0.2, 0.25) is 0 Å². The van der Waals surface area contributed by atoms with Crippen molar-refractivity contribution in [2.75, 3.05) is 13.1 Å². The maximum absolute atomic E-state index is 11.9. The van der Waals surface area contributed by atoms with Gasteiger partial charge in [-0.3, -0.25) is 4.79 Å². The summed E-state index contributed by atoms with van der Waals surface area (Å²) in [5.41, 5.74) is -0.677. The van der Waals surface area contributed by atoms with E-state index in [0.29, 0.717) is 18.9 Å². The molecule has 0 aliphatic carbocycles. The Hall–Kier alpha value is -0.570. The molecule has 2 atom stereocenters. The van der Waals surface area contributed by atoms with E-state index in [1.54, 1.807) is 0 Å². The molecule has 0 spiro atoms. The van der Waals surface area contributed by atoms with Crippen LogP contribution in [0.4, 0.5) is 0 Å². The molecule has 0 aromatic carbocycles. The van der Waals surface area contributed by atoms with Crippen molar-refractivity contribution in [2.24, 2.45) is 5.92 Å². The van der Waals surface area contributed by atoms with E-state index in [1.807, 2.05) is 11.8 Å². The predicted molar refractivity (Wildman–Crippen MR) is 60.5 cm³/mol. The van der Waals surface area contributed by atoms with Crippen LogP contribution in [-0.2, 0) is 4.79 Å². The number of nitrogens with zero attached hydrogens (tertiary/aromatic N) is 1. The predicted octanol–water partition coefficient (Wildman–Crippen LogP) is 1.80. The van der Waals surface area contributed by atoms with Crippen molar-refractivity contribution >= 4 is 5.91 Å². The minimum absolute atomic E-state index is 0.198. The van der Waals surface area contributed by atoms with E-state index in [0.717, 1.165) is 25.8 Å². The van der Waals surface area contributed by atoms with Gasteiger partial charge in [0, 0.05) is 19.5 Å². The average Bonchev–Trinajstić information content (AvgIpc) is 2.16. The number of β-amino-alcohol motifs (C(OH)–C–C–N with tert-alkyl or cyclic N) is 1. The molecule has 1 saturated heterocycles. The second-order valence-electron chi connectivity index (χ2n) is 5.13. The number of amides is 1. The first-order valence-electron chi connectivity index (χ1n) is 5.95. The smallest absolute Gasteiger partial charge is 0.222 e. The molecule has 0 aromatic rings. The third-order valence-electron chi connectivity index (χ3n) is 3.25. The van der Waals surface area contributed by atoms with Crippen LogP contribution in [0, 0.1) is 5.92 Å². The zero-order chi connectivity index (χ0) is 11.5. The van der Waals surface area contributed by atoms with E-state index in [2.05, 4.69) is 13.8 Å². The Morgan fingerprint density at radius 1 is 1.60 bits per heavy atom. The number of aliphatic hydroxyl groups is 1. The summed E-state index contributed by atoms with van der Waals surface area (Å²) in [5, 5.41) is 9.89. The van der Waals surface area contributed by atoms with Crippen molar-refractivity contribution in [1.29, 1.82) is 0 Å². The number of rotatable bonds is 3. The summed E-state index contributed by atoms with van der Waals surface area (Å²) in [5.74, 6) is 0.647. The molecule has 1 amide bonds. The summed E-state index contributed by atoms with van der Waals surface area (Å²) in [4.78, 5) is 13.7. The molecular formula is C12H23NO2. The van der Waals surface area contributed by atoms with Gasteiger partial charge in [0.05, 0.1) is 5.60 Å². The normalized spacial score (nSPS) is 28.9. The van der Waals surface area contributed by atoms with E-state index in [-0.39, 0.29) is 5.91 Å². The lowest BCUT2D eigenvalue weighted by molar-refractivity contribution is -0.138. The summed E-state index contributed by atoms with van der Waals surface area (Å²) in [6.07, 6.45) is 3.38. The first kappa shape index (κ1) is 12.5. The van der Waals surface area contributed by atoms with Crippen LogP contribution in [-0.4, -0.2) is 34.6 Å². The summed E-state index contributed by atoms with van der Waals surface area (Å²) < 4.78 is 0. The molecule has 0 bridgehead atoms. The lowest BCUT2D eigenvalue weighted by atomic mass is 9.94. The molecule has 88 valence electrons. The van der Waals surface area contributed by atoms with Gasteiger partial charge in [-0.2, -0.15) is 0 Å². The fraction of sp³-hybridized carbons (Fsp3) is 0.917. The van der Waals surface area contributed by atoms with Crippen molar-refractivity contribution in [2.45, 2.75) is 52.1 Å². The molecule has 1 aliphatic rings. The van der Waals surface area contributed by atoms with Gasteiger partial charge < -0.3 is 10.0 Å². The fourth-order valence-electron chi connectivity index (χ4n) is 2.00. The van der Waals surface area contributed by atoms with Crippen LogP contribution in [0.15, 0.2) is 0 Å². The lowest BCUT2D eigenvalue weighted by Crippen LogP contribution is -2.48. The van der Waals surface area contributed by atoms with Gasteiger partial charge >= 0.3 is 0 Å². The van der Waals surface area contributed by atoms with Gasteiger partial charge in [0.15, 0.2) is 0 Å². The molecule has 1 heterocycles. The highest BCUT2D eigenvalue weighted by atomic mass is 16.3. The maximum Gasteiger partial charge on any atom is 0.222 e. The molecule has 0 radical (unpaired) electrons. The van der Waals surface area contributed by atoms with Crippen molar-refractivity contribution in [1.82, 2.24) is 4.90 Å². The van der Waals surface area contributed by atoms with Crippen molar-refractivity contribution in [3.05, 3.63) is 0 Å². The molecular weight excluding hydrogens is 190 g/mol. The zero-order valence-electron chi connectivity index (χ0n) is 10.1. The second kappa shape index (κ2) is 4.97. The van der Waals surface area contributed by atoms with Crippen molar-refractivity contribution < 1.29 is 9.90 Å². The van der Waals surface area contributed by atoms with E-state index < -0.39 is 5.60 Å². The molecule has 1 aliphatic heterocycles. The van der Waals surface area contributed by atoms with Gasteiger partial charge in [-0.25, -0.2) is 0 Å². The highest BCUT2D eigenvalue weighted by molar-refractivity contribution is 5.76. The highest BCUT2D eigenvalue weighted by Crippen LogP contribution is 2.21. The van der Waals surface area contributed by atoms with E-state index in [9.17, 15) is 9.90 Å². The SMILES string of the molecule is CCC(C)CC(=O)N1CCCC(C)(O)C1. The molecule has 0 aromatic heterocycles. The molecule has 15 heavy (non-hydrogen) atoms. The lowest BCUT2D eigenvalue weighted by Gasteiger charge is -2.37. The van der Waals surface area contributed by atoms with Gasteiger partial charge in [0.2, 0.25) is 5.91 Å². The van der Waals surface area contributed by atoms with E-state index >= 15 is 0 Å². The number of carbonyl (C=O) groups is 1. The summed E-state index contributed by atoms with van der Waals surface area (Å²) in [6.45, 7) is 7.33. The maximum atomic E-state index is 11.9. The van der Waals surface area contributed by atoms with Crippen molar-refractivity contribution in [3.63, 3.8) is 0 Å². The summed E-state index contributed by atoms with van der Waals surface area (Å²) >= 11 is 0. The molecule has 3 nitrogen and oxygen atoms in total. The van der Waals surface area contributed by atoms with Crippen LogP contribution in [0.3, 0.4) is 0 Å². The Kier molecular flexibility index (Phi) is 4.14. The quantitative estimate of drug-likeness (QED) is 0.776. The number of hydrogen-bond donors (Lipinski definition) is 1. The monoisotopic (exact) mass is 213 g/mol.